The quantitative estimate of drug-likeness (QED) is 0.281. The van der Waals surface area contributed by atoms with E-state index in [-0.39, 0.29) is 30.5 Å². The van der Waals surface area contributed by atoms with Gasteiger partial charge in [0.25, 0.3) is 0 Å². The minimum atomic E-state index is -2.21. The van der Waals surface area contributed by atoms with E-state index in [1.807, 2.05) is 24.3 Å². The lowest BCUT2D eigenvalue weighted by molar-refractivity contribution is -0.338. The zero-order valence-corrected chi connectivity index (χ0v) is 26.8. The number of esters is 1. The maximum atomic E-state index is 12.0. The lowest BCUT2D eigenvalue weighted by Gasteiger charge is -2.47. The number of ether oxygens (including phenoxy) is 8. The van der Waals surface area contributed by atoms with E-state index >= 15 is 0 Å². The van der Waals surface area contributed by atoms with Crippen molar-refractivity contribution in [3.63, 3.8) is 0 Å². The number of benzene rings is 1. The van der Waals surface area contributed by atoms with Crippen molar-refractivity contribution >= 4 is 14.3 Å². The Morgan fingerprint density at radius 1 is 1.05 bits per heavy atom. The number of aliphatic hydroxyl groups is 1. The molecule has 2 heterocycles. The summed E-state index contributed by atoms with van der Waals surface area (Å²) in [6.07, 6.45) is -5.92. The van der Waals surface area contributed by atoms with Crippen LogP contribution in [0.2, 0.25) is 18.1 Å². The van der Waals surface area contributed by atoms with Crippen molar-refractivity contribution in [1.29, 1.82) is 0 Å². The average Bonchev–Trinajstić information content (AvgIpc) is 2.90. The highest BCUT2D eigenvalue weighted by atomic mass is 28.4. The topological polar surface area (TPSA) is 120 Å². The van der Waals surface area contributed by atoms with Crippen molar-refractivity contribution in [3.8, 4) is 5.75 Å². The predicted octanol–water partition coefficient (Wildman–Crippen LogP) is 3.41. The number of hydrogen-bond acceptors (Lipinski definition) is 11. The van der Waals surface area contributed by atoms with Crippen LogP contribution in [-0.4, -0.2) is 103 Å². The highest BCUT2D eigenvalue weighted by molar-refractivity contribution is 6.74. The summed E-state index contributed by atoms with van der Waals surface area (Å²) in [5, 5.41) is 10.9. The second-order valence-electron chi connectivity index (χ2n) is 12.0. The van der Waals surface area contributed by atoms with Crippen LogP contribution < -0.4 is 4.74 Å². The molecule has 2 saturated heterocycles. The van der Waals surface area contributed by atoms with Gasteiger partial charge in [0.05, 0.1) is 33.0 Å². The molecule has 0 aromatic heterocycles. The predicted molar refractivity (Wildman–Crippen MR) is 152 cm³/mol. The molecule has 0 bridgehead atoms. The molecule has 0 spiro atoms. The Morgan fingerprint density at radius 3 is 2.29 bits per heavy atom. The Morgan fingerprint density at radius 2 is 1.73 bits per heavy atom. The Kier molecular flexibility index (Phi) is 12.2. The summed E-state index contributed by atoms with van der Waals surface area (Å²) in [5.74, 6) is 0.241. The molecule has 1 aromatic rings. The average molecular weight is 601 g/mol. The number of carbonyl (C=O) groups is 1. The van der Waals surface area contributed by atoms with Crippen molar-refractivity contribution < 1.29 is 52.2 Å². The standard InChI is InChI=1S/C29H48O11Si/c1-18(30)37-26-25(34-7)23(16-32-5)38-28(31)27(26)39-24-14-21(40-41(8,9)29(2,3)4)22(17-36-24)35-15-19-10-12-20(33-6)13-11-19/h10-13,21-28,31H,14-17H2,1-9H3/t21-,22-,23-,24-,25-,26+,27-,28+/m1/s1. The van der Waals surface area contributed by atoms with Crippen LogP contribution in [0.5, 0.6) is 5.75 Å². The molecule has 2 fully saturated rings. The highest BCUT2D eigenvalue weighted by Gasteiger charge is 2.51. The van der Waals surface area contributed by atoms with Crippen LogP contribution in [0.3, 0.4) is 0 Å². The molecule has 0 unspecified atom stereocenters. The molecule has 11 nitrogen and oxygen atoms in total. The summed E-state index contributed by atoms with van der Waals surface area (Å²) in [5.41, 5.74) is 0.998. The van der Waals surface area contributed by atoms with Gasteiger partial charge < -0.3 is 47.4 Å². The molecule has 0 aliphatic carbocycles. The van der Waals surface area contributed by atoms with Gasteiger partial charge in [0, 0.05) is 27.6 Å². The molecule has 2 aliphatic rings. The van der Waals surface area contributed by atoms with Crippen LogP contribution >= 0.6 is 0 Å². The first kappa shape index (κ1) is 33.9. The molecule has 0 saturated carbocycles. The van der Waals surface area contributed by atoms with Crippen LogP contribution in [0.25, 0.3) is 0 Å². The first-order valence-corrected chi connectivity index (χ1v) is 16.9. The normalized spacial score (nSPS) is 31.1. The van der Waals surface area contributed by atoms with Crippen LogP contribution in [0.1, 0.15) is 39.7 Å². The first-order chi connectivity index (χ1) is 19.3. The number of methoxy groups -OCH3 is 3. The Hall–Kier alpha value is -1.61. The summed E-state index contributed by atoms with van der Waals surface area (Å²) in [6.45, 7) is 12.9. The van der Waals surface area contributed by atoms with Gasteiger partial charge in [-0.15, -0.1) is 0 Å². The molecule has 234 valence electrons. The first-order valence-electron chi connectivity index (χ1n) is 14.0. The zero-order valence-electron chi connectivity index (χ0n) is 25.8. The second-order valence-corrected chi connectivity index (χ2v) is 16.8. The minimum Gasteiger partial charge on any atom is -0.497 e. The summed E-state index contributed by atoms with van der Waals surface area (Å²) >= 11 is 0. The van der Waals surface area contributed by atoms with E-state index in [1.54, 1.807) is 7.11 Å². The summed E-state index contributed by atoms with van der Waals surface area (Å²) in [6, 6.07) is 7.71. The van der Waals surface area contributed by atoms with Crippen LogP contribution in [0, 0.1) is 0 Å². The third-order valence-electron chi connectivity index (χ3n) is 7.98. The fourth-order valence-corrected chi connectivity index (χ4v) is 6.06. The van der Waals surface area contributed by atoms with Gasteiger partial charge in [-0.1, -0.05) is 32.9 Å². The Balaban J connectivity index is 1.77. The third-order valence-corrected chi connectivity index (χ3v) is 12.5. The van der Waals surface area contributed by atoms with E-state index in [4.69, 9.17) is 42.3 Å². The summed E-state index contributed by atoms with van der Waals surface area (Å²) < 4.78 is 52.9. The molecule has 1 aromatic carbocycles. The van der Waals surface area contributed by atoms with Crippen LogP contribution in [-0.2, 0) is 49.0 Å². The second kappa shape index (κ2) is 14.7. The van der Waals surface area contributed by atoms with Crippen molar-refractivity contribution in [2.24, 2.45) is 0 Å². The summed E-state index contributed by atoms with van der Waals surface area (Å²) in [4.78, 5) is 12.0. The molecule has 12 heteroatoms. The van der Waals surface area contributed by atoms with Crippen molar-refractivity contribution in [1.82, 2.24) is 0 Å². The largest absolute Gasteiger partial charge is 0.497 e. The highest BCUT2D eigenvalue weighted by Crippen LogP contribution is 2.40. The van der Waals surface area contributed by atoms with E-state index in [2.05, 4.69) is 33.9 Å². The minimum absolute atomic E-state index is 0.0297. The zero-order chi connectivity index (χ0) is 30.4. The molecule has 2 aliphatic heterocycles. The number of aliphatic hydroxyl groups excluding tert-OH is 1. The van der Waals surface area contributed by atoms with Gasteiger partial charge in [-0.2, -0.15) is 0 Å². The third kappa shape index (κ3) is 8.94. The number of carbonyl (C=O) groups excluding carboxylic acids is 1. The van der Waals surface area contributed by atoms with E-state index in [0.29, 0.717) is 13.0 Å². The molecular weight excluding hydrogens is 552 g/mol. The van der Waals surface area contributed by atoms with Gasteiger partial charge in [-0.25, -0.2) is 0 Å². The van der Waals surface area contributed by atoms with Gasteiger partial charge in [0.2, 0.25) is 0 Å². The lowest BCUT2D eigenvalue weighted by atomic mass is 9.98. The lowest BCUT2D eigenvalue weighted by Crippen LogP contribution is -2.62. The maximum absolute atomic E-state index is 12.0. The van der Waals surface area contributed by atoms with Crippen molar-refractivity contribution in [2.75, 3.05) is 34.5 Å². The fraction of sp³-hybridized carbons (Fsp3) is 0.759. The van der Waals surface area contributed by atoms with Crippen LogP contribution in [0.4, 0.5) is 0 Å². The maximum Gasteiger partial charge on any atom is 0.303 e. The Labute approximate surface area is 244 Å². The van der Waals surface area contributed by atoms with Crippen LogP contribution in [0.15, 0.2) is 24.3 Å². The van der Waals surface area contributed by atoms with Gasteiger partial charge in [-0.3, -0.25) is 4.79 Å². The van der Waals surface area contributed by atoms with Gasteiger partial charge >= 0.3 is 5.97 Å². The molecule has 0 radical (unpaired) electrons. The van der Waals surface area contributed by atoms with Gasteiger partial charge in [-0.05, 0) is 35.8 Å². The molecule has 0 amide bonds. The molecule has 8 atom stereocenters. The monoisotopic (exact) mass is 600 g/mol. The van der Waals surface area contributed by atoms with Gasteiger partial charge in [0.1, 0.15) is 24.1 Å². The molecular formula is C29H48O11Si. The van der Waals surface area contributed by atoms with Crippen molar-refractivity contribution in [3.05, 3.63) is 29.8 Å². The molecule has 1 N–H and O–H groups in total. The fourth-order valence-electron chi connectivity index (χ4n) is 4.70. The van der Waals surface area contributed by atoms with E-state index in [0.717, 1.165) is 11.3 Å². The van der Waals surface area contributed by atoms with E-state index in [9.17, 15) is 9.90 Å². The number of hydrogen-bond donors (Lipinski definition) is 1. The molecule has 41 heavy (non-hydrogen) atoms. The SMILES string of the molecule is COC[C@H]1O[C@H](O)[C@H](O[C@@H]2C[C@@H](O[Si](C)(C)C(C)(C)C)[C@H](OCc3ccc(OC)cc3)CO2)[C@@H](OC(C)=O)[C@@H]1OC. The smallest absolute Gasteiger partial charge is 0.303 e. The summed E-state index contributed by atoms with van der Waals surface area (Å²) in [7, 11) is 2.42. The molecule has 3 rings (SSSR count). The van der Waals surface area contributed by atoms with Crippen molar-refractivity contribution in [2.45, 2.75) is 108 Å². The van der Waals surface area contributed by atoms with E-state index in [1.165, 1.54) is 21.1 Å². The Bertz CT molecular complexity index is 951. The number of rotatable bonds is 12. The van der Waals surface area contributed by atoms with Gasteiger partial charge in [0.15, 0.2) is 33.1 Å². The van der Waals surface area contributed by atoms with E-state index < -0.39 is 51.3 Å².